The molecule has 0 heterocycles. The van der Waals surface area contributed by atoms with Crippen LogP contribution in [-0.4, -0.2) is 18.7 Å². The van der Waals surface area contributed by atoms with E-state index in [1.165, 1.54) is 0 Å². The predicted octanol–water partition coefficient (Wildman–Crippen LogP) is 5.70. The monoisotopic (exact) mass is 421 g/mol. The number of halogens is 1. The Morgan fingerprint density at radius 1 is 1.00 bits per heavy atom. The Hall–Kier alpha value is -2.72. The van der Waals surface area contributed by atoms with Crippen LogP contribution in [0.4, 0.5) is 0 Å². The van der Waals surface area contributed by atoms with Gasteiger partial charge in [-0.3, -0.25) is 9.98 Å². The molecule has 0 unspecified atom stereocenters. The summed E-state index contributed by atoms with van der Waals surface area (Å²) in [6, 6.07) is 18.3. The zero-order valence-corrected chi connectivity index (χ0v) is 17.2. The molecular formula is C23H24BrN3. The summed E-state index contributed by atoms with van der Waals surface area (Å²) in [6.45, 7) is 2.57. The van der Waals surface area contributed by atoms with Crippen molar-refractivity contribution in [1.82, 2.24) is 5.32 Å². The maximum absolute atomic E-state index is 4.79. The van der Waals surface area contributed by atoms with Gasteiger partial charge in [-0.25, -0.2) is 0 Å². The van der Waals surface area contributed by atoms with Crippen LogP contribution >= 0.6 is 15.9 Å². The van der Waals surface area contributed by atoms with E-state index in [0.29, 0.717) is 6.54 Å². The first-order valence-corrected chi connectivity index (χ1v) is 9.56. The van der Waals surface area contributed by atoms with E-state index < -0.39 is 0 Å². The molecule has 0 fully saturated rings. The number of amidine groups is 2. The second-order valence-electron chi connectivity index (χ2n) is 5.66. The summed E-state index contributed by atoms with van der Waals surface area (Å²) in [5.41, 5.74) is 2.16. The van der Waals surface area contributed by atoms with Gasteiger partial charge in [0.25, 0.3) is 0 Å². The average molecular weight is 422 g/mol. The molecule has 0 radical (unpaired) electrons. The van der Waals surface area contributed by atoms with Gasteiger partial charge in [-0.2, -0.15) is 0 Å². The SMILES string of the molecule is C\C=C/C=C\C=C\C(=NC)NC(=NCc1cccc(Br)c1)c1ccccc1. The second kappa shape index (κ2) is 11.8. The molecule has 0 amide bonds. The number of aliphatic imine (C=N–C) groups is 2. The van der Waals surface area contributed by atoms with E-state index in [0.717, 1.165) is 27.3 Å². The van der Waals surface area contributed by atoms with Crippen molar-refractivity contribution >= 4 is 27.6 Å². The van der Waals surface area contributed by atoms with Gasteiger partial charge in [-0.05, 0) is 30.7 Å². The van der Waals surface area contributed by atoms with Crippen LogP contribution in [0, 0.1) is 0 Å². The Morgan fingerprint density at radius 2 is 1.78 bits per heavy atom. The van der Waals surface area contributed by atoms with Crippen molar-refractivity contribution in [2.75, 3.05) is 7.05 Å². The third-order valence-corrected chi connectivity index (χ3v) is 4.12. The summed E-state index contributed by atoms with van der Waals surface area (Å²) in [6.07, 6.45) is 11.8. The van der Waals surface area contributed by atoms with Gasteiger partial charge in [0, 0.05) is 17.1 Å². The van der Waals surface area contributed by atoms with E-state index in [1.807, 2.05) is 85.8 Å². The second-order valence-corrected chi connectivity index (χ2v) is 6.58. The van der Waals surface area contributed by atoms with E-state index in [4.69, 9.17) is 4.99 Å². The van der Waals surface area contributed by atoms with Gasteiger partial charge in [0.1, 0.15) is 11.7 Å². The highest BCUT2D eigenvalue weighted by atomic mass is 79.9. The van der Waals surface area contributed by atoms with Gasteiger partial charge < -0.3 is 5.32 Å². The predicted molar refractivity (Wildman–Crippen MR) is 120 cm³/mol. The Kier molecular flexibility index (Phi) is 9.01. The molecule has 2 aromatic carbocycles. The smallest absolute Gasteiger partial charge is 0.134 e. The minimum atomic E-state index is 0.582. The Labute approximate surface area is 170 Å². The summed E-state index contributed by atoms with van der Waals surface area (Å²) < 4.78 is 1.05. The highest BCUT2D eigenvalue weighted by molar-refractivity contribution is 9.10. The normalized spacial score (nSPS) is 13.1. The third-order valence-electron chi connectivity index (χ3n) is 3.62. The first kappa shape index (κ1) is 20.6. The van der Waals surface area contributed by atoms with Crippen molar-refractivity contribution in [1.29, 1.82) is 0 Å². The van der Waals surface area contributed by atoms with Gasteiger partial charge in [0.15, 0.2) is 0 Å². The third kappa shape index (κ3) is 7.59. The fourth-order valence-electron chi connectivity index (χ4n) is 2.28. The molecule has 0 saturated carbocycles. The highest BCUT2D eigenvalue weighted by Gasteiger charge is 2.05. The molecule has 27 heavy (non-hydrogen) atoms. The molecule has 2 aromatic rings. The molecule has 0 saturated heterocycles. The van der Waals surface area contributed by atoms with Crippen LogP contribution in [0.25, 0.3) is 0 Å². The fourth-order valence-corrected chi connectivity index (χ4v) is 2.73. The summed E-state index contributed by atoms with van der Waals surface area (Å²) in [5.74, 6) is 1.54. The molecule has 0 spiro atoms. The minimum Gasteiger partial charge on any atom is -0.325 e. The van der Waals surface area contributed by atoms with Gasteiger partial charge in [0.2, 0.25) is 0 Å². The average Bonchev–Trinajstić information content (AvgIpc) is 2.70. The van der Waals surface area contributed by atoms with Crippen LogP contribution in [0.3, 0.4) is 0 Å². The Morgan fingerprint density at radius 3 is 2.48 bits per heavy atom. The number of nitrogens with zero attached hydrogens (tertiary/aromatic N) is 2. The summed E-state index contributed by atoms with van der Waals surface area (Å²) >= 11 is 3.51. The Balaban J connectivity index is 2.20. The Bertz CT molecular complexity index is 862. The largest absolute Gasteiger partial charge is 0.325 e. The van der Waals surface area contributed by atoms with Gasteiger partial charge in [0.05, 0.1) is 6.54 Å². The van der Waals surface area contributed by atoms with Crippen LogP contribution in [0.1, 0.15) is 18.1 Å². The molecule has 2 rings (SSSR count). The van der Waals surface area contributed by atoms with Crippen molar-refractivity contribution in [3.63, 3.8) is 0 Å². The van der Waals surface area contributed by atoms with Crippen molar-refractivity contribution in [2.45, 2.75) is 13.5 Å². The number of allylic oxidation sites excluding steroid dienone is 5. The van der Waals surface area contributed by atoms with Crippen molar-refractivity contribution in [2.24, 2.45) is 9.98 Å². The lowest BCUT2D eigenvalue weighted by atomic mass is 10.2. The quantitative estimate of drug-likeness (QED) is 0.362. The molecule has 4 heteroatoms. The number of rotatable bonds is 6. The van der Waals surface area contributed by atoms with Crippen LogP contribution < -0.4 is 5.32 Å². The van der Waals surface area contributed by atoms with Crippen LogP contribution in [0.2, 0.25) is 0 Å². The van der Waals surface area contributed by atoms with Gasteiger partial charge >= 0.3 is 0 Å². The first-order valence-electron chi connectivity index (χ1n) is 8.77. The maximum Gasteiger partial charge on any atom is 0.134 e. The standard InChI is InChI=1S/C23H24BrN3/c1-3-4-5-6-10-16-22(25-2)27-23(20-13-8-7-9-14-20)26-18-19-12-11-15-21(24)17-19/h3-17H,18H2,1-2H3,(H,25,26,27)/b4-3-,6-5-,16-10+. The van der Waals surface area contributed by atoms with E-state index in [9.17, 15) is 0 Å². The van der Waals surface area contributed by atoms with Crippen molar-refractivity contribution < 1.29 is 0 Å². The fraction of sp³-hybridized carbons (Fsp3) is 0.130. The molecule has 0 atom stereocenters. The topological polar surface area (TPSA) is 36.8 Å². The summed E-state index contributed by atoms with van der Waals surface area (Å²) in [4.78, 5) is 9.11. The first-order chi connectivity index (χ1) is 13.2. The summed E-state index contributed by atoms with van der Waals surface area (Å²) in [7, 11) is 1.76. The van der Waals surface area contributed by atoms with Gasteiger partial charge in [-0.1, -0.05) is 88.8 Å². The zero-order chi connectivity index (χ0) is 19.3. The highest BCUT2D eigenvalue weighted by Crippen LogP contribution is 2.13. The van der Waals surface area contributed by atoms with E-state index in [-0.39, 0.29) is 0 Å². The molecule has 1 N–H and O–H groups in total. The van der Waals surface area contributed by atoms with E-state index in [1.54, 1.807) is 7.05 Å². The molecule has 0 aliphatic carbocycles. The molecule has 3 nitrogen and oxygen atoms in total. The number of hydrogen-bond donors (Lipinski definition) is 1. The van der Waals surface area contributed by atoms with Crippen LogP contribution in [0.5, 0.6) is 0 Å². The lowest BCUT2D eigenvalue weighted by Crippen LogP contribution is -2.30. The zero-order valence-electron chi connectivity index (χ0n) is 15.6. The van der Waals surface area contributed by atoms with E-state index in [2.05, 4.69) is 38.4 Å². The minimum absolute atomic E-state index is 0.582. The van der Waals surface area contributed by atoms with E-state index >= 15 is 0 Å². The number of benzene rings is 2. The molecule has 0 aliphatic rings. The molecular weight excluding hydrogens is 398 g/mol. The number of nitrogens with one attached hydrogen (secondary N) is 1. The van der Waals surface area contributed by atoms with Crippen LogP contribution in [-0.2, 0) is 6.54 Å². The molecule has 0 aromatic heterocycles. The molecule has 0 aliphatic heterocycles. The van der Waals surface area contributed by atoms with Crippen LogP contribution in [0.15, 0.2) is 106 Å². The molecule has 138 valence electrons. The van der Waals surface area contributed by atoms with Gasteiger partial charge in [-0.15, -0.1) is 0 Å². The molecule has 0 bridgehead atoms. The lowest BCUT2D eigenvalue weighted by Gasteiger charge is -2.10. The summed E-state index contributed by atoms with van der Waals surface area (Å²) in [5, 5.41) is 3.35. The van der Waals surface area contributed by atoms with Crippen molar-refractivity contribution in [3.8, 4) is 0 Å². The lowest BCUT2D eigenvalue weighted by molar-refractivity contribution is 1.05. The van der Waals surface area contributed by atoms with Crippen molar-refractivity contribution in [3.05, 3.63) is 107 Å². The number of hydrogen-bond acceptors (Lipinski definition) is 2. The maximum atomic E-state index is 4.79.